The Morgan fingerprint density at radius 2 is 2.42 bits per heavy atom. The molecule has 0 atom stereocenters. The fourth-order valence-electron chi connectivity index (χ4n) is 0.857. The Bertz CT molecular complexity index is 290. The van der Waals surface area contributed by atoms with Gasteiger partial charge in [-0.05, 0) is 34.0 Å². The van der Waals surface area contributed by atoms with Gasteiger partial charge < -0.3 is 4.79 Å². The number of nitrogens with zero attached hydrogens (tertiary/aromatic N) is 1. The van der Waals surface area contributed by atoms with Crippen LogP contribution in [0.4, 0.5) is 0 Å². The summed E-state index contributed by atoms with van der Waals surface area (Å²) in [4.78, 5) is 14.0. The van der Waals surface area contributed by atoms with Crippen LogP contribution in [0.5, 0.6) is 0 Å². The second-order valence-electron chi connectivity index (χ2n) is 2.30. The molecule has 4 heteroatoms. The summed E-state index contributed by atoms with van der Waals surface area (Å²) in [6.07, 6.45) is 3.74. The van der Waals surface area contributed by atoms with E-state index in [1.807, 2.05) is 0 Å². The van der Waals surface area contributed by atoms with E-state index >= 15 is 0 Å². The maximum Gasteiger partial charge on any atom is 0.129 e. The van der Waals surface area contributed by atoms with Gasteiger partial charge in [0.25, 0.3) is 0 Å². The molecule has 0 aliphatic rings. The van der Waals surface area contributed by atoms with Crippen molar-refractivity contribution >= 4 is 33.8 Å². The van der Waals surface area contributed by atoms with E-state index in [4.69, 9.17) is 11.6 Å². The first-order valence-corrected chi connectivity index (χ1v) is 4.64. The first kappa shape index (κ1) is 9.68. The Labute approximate surface area is 84.1 Å². The van der Waals surface area contributed by atoms with Crippen LogP contribution in [-0.2, 0) is 11.2 Å². The van der Waals surface area contributed by atoms with Gasteiger partial charge in [0.05, 0.1) is 0 Å². The van der Waals surface area contributed by atoms with Gasteiger partial charge >= 0.3 is 0 Å². The van der Waals surface area contributed by atoms with Gasteiger partial charge in [-0.1, -0.05) is 11.6 Å². The van der Waals surface area contributed by atoms with E-state index in [-0.39, 0.29) is 0 Å². The molecule has 0 aromatic carbocycles. The molecule has 1 aromatic heterocycles. The SMILES string of the molecule is O=CCCc1cc(Cl)ncc1Br. The number of halogens is 2. The Balaban J connectivity index is 2.82. The van der Waals surface area contributed by atoms with E-state index in [0.29, 0.717) is 18.0 Å². The van der Waals surface area contributed by atoms with Crippen molar-refractivity contribution in [3.05, 3.63) is 27.5 Å². The molecule has 1 aromatic rings. The lowest BCUT2D eigenvalue weighted by Crippen LogP contribution is -1.89. The molecule has 12 heavy (non-hydrogen) atoms. The fraction of sp³-hybridized carbons (Fsp3) is 0.250. The molecule has 0 aliphatic heterocycles. The standard InChI is InChI=1S/C8H7BrClNO/c9-7-5-11-8(10)4-6(7)2-1-3-12/h3-5H,1-2H2. The van der Waals surface area contributed by atoms with Crippen LogP contribution in [0.1, 0.15) is 12.0 Å². The van der Waals surface area contributed by atoms with Crippen molar-refractivity contribution in [2.75, 3.05) is 0 Å². The number of hydrogen-bond donors (Lipinski definition) is 0. The summed E-state index contributed by atoms with van der Waals surface area (Å²) in [6, 6.07) is 1.76. The van der Waals surface area contributed by atoms with E-state index in [2.05, 4.69) is 20.9 Å². The van der Waals surface area contributed by atoms with E-state index in [9.17, 15) is 4.79 Å². The lowest BCUT2D eigenvalue weighted by Gasteiger charge is -2.00. The summed E-state index contributed by atoms with van der Waals surface area (Å²) in [6.45, 7) is 0. The highest BCUT2D eigenvalue weighted by atomic mass is 79.9. The molecule has 0 unspecified atom stereocenters. The average Bonchev–Trinajstić information content (AvgIpc) is 2.07. The molecule has 0 amide bonds. The summed E-state index contributed by atoms with van der Waals surface area (Å²) in [5.41, 5.74) is 1.02. The lowest BCUT2D eigenvalue weighted by atomic mass is 10.2. The van der Waals surface area contributed by atoms with Crippen LogP contribution in [0.2, 0.25) is 5.15 Å². The van der Waals surface area contributed by atoms with Gasteiger partial charge in [-0.25, -0.2) is 4.98 Å². The predicted octanol–water partition coefficient (Wildman–Crippen LogP) is 2.63. The van der Waals surface area contributed by atoms with Crippen molar-refractivity contribution < 1.29 is 4.79 Å². The van der Waals surface area contributed by atoms with Crippen LogP contribution in [0, 0.1) is 0 Å². The number of aromatic nitrogens is 1. The zero-order valence-corrected chi connectivity index (χ0v) is 8.60. The predicted molar refractivity (Wildman–Crippen MR) is 51.3 cm³/mol. The normalized spacial score (nSPS) is 9.83. The van der Waals surface area contributed by atoms with Crippen LogP contribution in [0.15, 0.2) is 16.7 Å². The molecule has 1 heterocycles. The molecule has 0 N–H and O–H groups in total. The van der Waals surface area contributed by atoms with Crippen LogP contribution < -0.4 is 0 Å². The lowest BCUT2D eigenvalue weighted by molar-refractivity contribution is -0.107. The quantitative estimate of drug-likeness (QED) is 0.608. The average molecular weight is 249 g/mol. The maximum absolute atomic E-state index is 10.1. The Morgan fingerprint density at radius 1 is 1.67 bits per heavy atom. The number of carbonyl (C=O) groups is 1. The molecule has 0 spiro atoms. The van der Waals surface area contributed by atoms with Crippen LogP contribution >= 0.6 is 27.5 Å². The number of hydrogen-bond acceptors (Lipinski definition) is 2. The Hall–Kier alpha value is -0.410. The molecular formula is C8H7BrClNO. The highest BCUT2D eigenvalue weighted by molar-refractivity contribution is 9.10. The van der Waals surface area contributed by atoms with Crippen LogP contribution in [0.25, 0.3) is 0 Å². The van der Waals surface area contributed by atoms with Crippen LogP contribution in [-0.4, -0.2) is 11.3 Å². The smallest absolute Gasteiger partial charge is 0.129 e. The number of aryl methyl sites for hydroxylation is 1. The third-order valence-corrected chi connectivity index (χ3v) is 2.35. The summed E-state index contributed by atoms with van der Waals surface area (Å²) >= 11 is 9.00. The zero-order chi connectivity index (χ0) is 8.97. The zero-order valence-electron chi connectivity index (χ0n) is 6.26. The number of rotatable bonds is 3. The summed E-state index contributed by atoms with van der Waals surface area (Å²) in [5, 5.41) is 0.457. The van der Waals surface area contributed by atoms with Gasteiger partial charge in [-0.2, -0.15) is 0 Å². The molecule has 0 radical (unpaired) electrons. The van der Waals surface area contributed by atoms with Gasteiger partial charge in [0.15, 0.2) is 0 Å². The highest BCUT2D eigenvalue weighted by Crippen LogP contribution is 2.19. The molecular weight excluding hydrogens is 241 g/mol. The first-order valence-electron chi connectivity index (χ1n) is 3.47. The van der Waals surface area contributed by atoms with Gasteiger partial charge in [0.2, 0.25) is 0 Å². The van der Waals surface area contributed by atoms with Gasteiger partial charge in [0.1, 0.15) is 11.4 Å². The van der Waals surface area contributed by atoms with Gasteiger partial charge in [-0.15, -0.1) is 0 Å². The largest absolute Gasteiger partial charge is 0.303 e. The molecule has 0 fully saturated rings. The van der Waals surface area contributed by atoms with Crippen molar-refractivity contribution in [2.45, 2.75) is 12.8 Å². The molecule has 1 rings (SSSR count). The second-order valence-corrected chi connectivity index (χ2v) is 3.55. The van der Waals surface area contributed by atoms with E-state index in [1.165, 1.54) is 0 Å². The van der Waals surface area contributed by atoms with Gasteiger partial charge in [0, 0.05) is 17.1 Å². The van der Waals surface area contributed by atoms with Crippen molar-refractivity contribution in [1.29, 1.82) is 0 Å². The third kappa shape index (κ3) is 2.57. The van der Waals surface area contributed by atoms with E-state index < -0.39 is 0 Å². The first-order chi connectivity index (χ1) is 5.74. The van der Waals surface area contributed by atoms with Crippen molar-refractivity contribution in [3.63, 3.8) is 0 Å². The molecule has 0 saturated carbocycles. The van der Waals surface area contributed by atoms with Crippen molar-refractivity contribution in [1.82, 2.24) is 4.98 Å². The molecule has 0 bridgehead atoms. The number of pyridine rings is 1. The van der Waals surface area contributed by atoms with E-state index in [1.54, 1.807) is 12.3 Å². The highest BCUT2D eigenvalue weighted by Gasteiger charge is 2.00. The Kier molecular flexibility index (Phi) is 3.69. The van der Waals surface area contributed by atoms with Gasteiger partial charge in [-0.3, -0.25) is 0 Å². The summed E-state index contributed by atoms with van der Waals surface area (Å²) in [5.74, 6) is 0. The molecule has 0 saturated heterocycles. The molecule has 64 valence electrons. The number of carbonyl (C=O) groups excluding carboxylic acids is 1. The molecule has 0 aliphatic carbocycles. The topological polar surface area (TPSA) is 30.0 Å². The van der Waals surface area contributed by atoms with Crippen molar-refractivity contribution in [2.24, 2.45) is 0 Å². The summed E-state index contributed by atoms with van der Waals surface area (Å²) < 4.78 is 0.897. The minimum absolute atomic E-state index is 0.457. The number of aldehydes is 1. The van der Waals surface area contributed by atoms with Crippen molar-refractivity contribution in [3.8, 4) is 0 Å². The Morgan fingerprint density at radius 3 is 3.08 bits per heavy atom. The third-order valence-electron chi connectivity index (χ3n) is 1.43. The monoisotopic (exact) mass is 247 g/mol. The van der Waals surface area contributed by atoms with E-state index in [0.717, 1.165) is 16.3 Å². The second kappa shape index (κ2) is 4.58. The minimum Gasteiger partial charge on any atom is -0.303 e. The minimum atomic E-state index is 0.457. The summed E-state index contributed by atoms with van der Waals surface area (Å²) in [7, 11) is 0. The fourth-order valence-corrected chi connectivity index (χ4v) is 1.45. The van der Waals surface area contributed by atoms with Crippen LogP contribution in [0.3, 0.4) is 0 Å². The maximum atomic E-state index is 10.1. The molecule has 2 nitrogen and oxygen atoms in total.